The minimum absolute atomic E-state index is 0.220. The molecule has 2 aliphatic rings. The first kappa shape index (κ1) is 9.19. The van der Waals surface area contributed by atoms with Crippen LogP contribution >= 0.6 is 0 Å². The Balaban J connectivity index is 1.89. The summed E-state index contributed by atoms with van der Waals surface area (Å²) in [6.45, 7) is 2.44. The van der Waals surface area contributed by atoms with E-state index in [1.165, 1.54) is 11.1 Å². The summed E-state index contributed by atoms with van der Waals surface area (Å²) in [6.07, 6.45) is 2.47. The lowest BCUT2D eigenvalue weighted by atomic mass is 10.0. The Labute approximate surface area is 89.4 Å². The highest BCUT2D eigenvalue weighted by Gasteiger charge is 2.19. The highest BCUT2D eigenvalue weighted by Crippen LogP contribution is 2.29. The molecule has 0 radical (unpaired) electrons. The van der Waals surface area contributed by atoms with Gasteiger partial charge in [0.2, 0.25) is 0 Å². The SMILES string of the molecule is c1cc2c(cc1C1CNCO1)CCCO2. The van der Waals surface area contributed by atoms with Gasteiger partial charge in [-0.1, -0.05) is 6.07 Å². The highest BCUT2D eigenvalue weighted by molar-refractivity contribution is 5.39. The van der Waals surface area contributed by atoms with E-state index in [1.807, 2.05) is 0 Å². The van der Waals surface area contributed by atoms with Crippen LogP contribution < -0.4 is 10.1 Å². The van der Waals surface area contributed by atoms with Gasteiger partial charge in [-0.2, -0.15) is 0 Å². The van der Waals surface area contributed by atoms with Crippen LogP contribution in [0.2, 0.25) is 0 Å². The summed E-state index contributed by atoms with van der Waals surface area (Å²) in [5.41, 5.74) is 2.60. The fourth-order valence-electron chi connectivity index (χ4n) is 2.20. The molecule has 3 nitrogen and oxygen atoms in total. The third kappa shape index (κ3) is 1.73. The molecule has 15 heavy (non-hydrogen) atoms. The predicted octanol–water partition coefficient (Wildman–Crippen LogP) is 1.63. The Morgan fingerprint density at radius 3 is 3.20 bits per heavy atom. The summed E-state index contributed by atoms with van der Waals surface area (Å²) >= 11 is 0. The third-order valence-corrected chi connectivity index (χ3v) is 3.02. The van der Waals surface area contributed by atoms with Crippen molar-refractivity contribution < 1.29 is 9.47 Å². The first-order valence-corrected chi connectivity index (χ1v) is 5.51. The standard InChI is InChI=1S/C12H15NO2/c1-2-9-6-10(12-7-13-8-15-12)3-4-11(9)14-5-1/h3-4,6,12-13H,1-2,5,7-8H2. The molecule has 2 aliphatic heterocycles. The zero-order valence-electron chi connectivity index (χ0n) is 8.66. The number of hydrogen-bond acceptors (Lipinski definition) is 3. The van der Waals surface area contributed by atoms with Crippen molar-refractivity contribution in [2.45, 2.75) is 18.9 Å². The topological polar surface area (TPSA) is 30.5 Å². The lowest BCUT2D eigenvalue weighted by molar-refractivity contribution is 0.114. The van der Waals surface area contributed by atoms with Crippen LogP contribution in [0.25, 0.3) is 0 Å². The molecule has 0 amide bonds. The van der Waals surface area contributed by atoms with Crippen molar-refractivity contribution in [3.63, 3.8) is 0 Å². The number of nitrogens with one attached hydrogen (secondary N) is 1. The largest absolute Gasteiger partial charge is 0.493 e. The molecule has 0 spiro atoms. The van der Waals surface area contributed by atoms with Gasteiger partial charge in [-0.15, -0.1) is 0 Å². The number of fused-ring (bicyclic) bond motifs is 1. The van der Waals surface area contributed by atoms with Crippen molar-refractivity contribution in [1.82, 2.24) is 5.32 Å². The Kier molecular flexibility index (Phi) is 2.35. The minimum Gasteiger partial charge on any atom is -0.493 e. The summed E-state index contributed by atoms with van der Waals surface area (Å²) in [4.78, 5) is 0. The maximum atomic E-state index is 5.58. The summed E-state index contributed by atoms with van der Waals surface area (Å²) in [5.74, 6) is 1.05. The second kappa shape index (κ2) is 3.83. The molecule has 3 heteroatoms. The van der Waals surface area contributed by atoms with Crippen LogP contribution in [0.4, 0.5) is 0 Å². The Morgan fingerprint density at radius 1 is 1.33 bits per heavy atom. The minimum atomic E-state index is 0.220. The fraction of sp³-hybridized carbons (Fsp3) is 0.500. The fourth-order valence-corrected chi connectivity index (χ4v) is 2.20. The molecule has 2 heterocycles. The molecular formula is C12H15NO2. The van der Waals surface area contributed by atoms with Crippen LogP contribution in [0, 0.1) is 0 Å². The molecule has 1 atom stereocenters. The molecule has 1 aromatic rings. The second-order valence-electron chi connectivity index (χ2n) is 4.07. The summed E-state index contributed by atoms with van der Waals surface area (Å²) in [6, 6.07) is 6.42. The number of hydrogen-bond donors (Lipinski definition) is 1. The molecule has 3 rings (SSSR count). The molecule has 80 valence electrons. The molecule has 0 aliphatic carbocycles. The van der Waals surface area contributed by atoms with E-state index in [0.717, 1.165) is 31.7 Å². The van der Waals surface area contributed by atoms with Crippen molar-refractivity contribution in [3.05, 3.63) is 29.3 Å². The smallest absolute Gasteiger partial charge is 0.122 e. The van der Waals surface area contributed by atoms with Crippen LogP contribution in [-0.4, -0.2) is 19.9 Å². The van der Waals surface area contributed by atoms with Gasteiger partial charge in [0.25, 0.3) is 0 Å². The van der Waals surface area contributed by atoms with Crippen LogP contribution in [-0.2, 0) is 11.2 Å². The highest BCUT2D eigenvalue weighted by atomic mass is 16.5. The normalized spacial score (nSPS) is 24.7. The van der Waals surface area contributed by atoms with Crippen LogP contribution in [0.3, 0.4) is 0 Å². The molecule has 1 N–H and O–H groups in total. The van der Waals surface area contributed by atoms with E-state index < -0.39 is 0 Å². The lowest BCUT2D eigenvalue weighted by Gasteiger charge is -2.19. The zero-order chi connectivity index (χ0) is 10.1. The van der Waals surface area contributed by atoms with Gasteiger partial charge < -0.3 is 9.47 Å². The summed E-state index contributed by atoms with van der Waals surface area (Å²) in [7, 11) is 0. The van der Waals surface area contributed by atoms with Crippen molar-refractivity contribution >= 4 is 0 Å². The Bertz CT molecular complexity index is 359. The van der Waals surface area contributed by atoms with Crippen molar-refractivity contribution in [1.29, 1.82) is 0 Å². The van der Waals surface area contributed by atoms with E-state index in [9.17, 15) is 0 Å². The zero-order valence-corrected chi connectivity index (χ0v) is 8.66. The summed E-state index contributed by atoms with van der Waals surface area (Å²) in [5, 5.41) is 3.20. The van der Waals surface area contributed by atoms with E-state index in [4.69, 9.17) is 9.47 Å². The molecule has 1 fully saturated rings. The molecule has 1 saturated heterocycles. The number of rotatable bonds is 1. The Morgan fingerprint density at radius 2 is 2.33 bits per heavy atom. The van der Waals surface area contributed by atoms with Crippen molar-refractivity contribution in [2.24, 2.45) is 0 Å². The molecule has 1 unspecified atom stereocenters. The van der Waals surface area contributed by atoms with Gasteiger partial charge in [-0.05, 0) is 36.1 Å². The van der Waals surface area contributed by atoms with Gasteiger partial charge in [-0.25, -0.2) is 0 Å². The second-order valence-corrected chi connectivity index (χ2v) is 4.07. The van der Waals surface area contributed by atoms with Crippen LogP contribution in [0.5, 0.6) is 5.75 Å². The van der Waals surface area contributed by atoms with Gasteiger partial charge in [0.15, 0.2) is 0 Å². The van der Waals surface area contributed by atoms with Gasteiger partial charge in [0, 0.05) is 6.54 Å². The average Bonchev–Trinajstić information content (AvgIpc) is 2.82. The lowest BCUT2D eigenvalue weighted by Crippen LogP contribution is -2.11. The first-order valence-electron chi connectivity index (χ1n) is 5.51. The predicted molar refractivity (Wildman–Crippen MR) is 57.0 cm³/mol. The molecule has 0 saturated carbocycles. The molecular weight excluding hydrogens is 190 g/mol. The van der Waals surface area contributed by atoms with E-state index in [-0.39, 0.29) is 6.10 Å². The maximum absolute atomic E-state index is 5.58. The summed E-state index contributed by atoms with van der Waals surface area (Å²) < 4.78 is 11.2. The van der Waals surface area contributed by atoms with E-state index in [2.05, 4.69) is 23.5 Å². The first-order chi connectivity index (χ1) is 7.43. The molecule has 0 bridgehead atoms. The third-order valence-electron chi connectivity index (χ3n) is 3.02. The van der Waals surface area contributed by atoms with E-state index in [0.29, 0.717) is 6.73 Å². The number of ether oxygens (including phenoxy) is 2. The van der Waals surface area contributed by atoms with Gasteiger partial charge in [0.05, 0.1) is 19.4 Å². The molecule has 0 aromatic heterocycles. The Hall–Kier alpha value is -1.06. The van der Waals surface area contributed by atoms with Crippen LogP contribution in [0.15, 0.2) is 18.2 Å². The number of benzene rings is 1. The van der Waals surface area contributed by atoms with Crippen LogP contribution in [0.1, 0.15) is 23.7 Å². The quantitative estimate of drug-likeness (QED) is 0.756. The maximum Gasteiger partial charge on any atom is 0.122 e. The average molecular weight is 205 g/mol. The number of aryl methyl sites for hydroxylation is 1. The van der Waals surface area contributed by atoms with Gasteiger partial charge in [0.1, 0.15) is 5.75 Å². The monoisotopic (exact) mass is 205 g/mol. The van der Waals surface area contributed by atoms with Gasteiger partial charge >= 0.3 is 0 Å². The van der Waals surface area contributed by atoms with E-state index in [1.54, 1.807) is 0 Å². The van der Waals surface area contributed by atoms with Crippen molar-refractivity contribution in [3.8, 4) is 5.75 Å². The van der Waals surface area contributed by atoms with E-state index >= 15 is 0 Å². The van der Waals surface area contributed by atoms with Gasteiger partial charge in [-0.3, -0.25) is 5.32 Å². The molecule has 1 aromatic carbocycles. The van der Waals surface area contributed by atoms with Crippen molar-refractivity contribution in [2.75, 3.05) is 19.9 Å².